The maximum absolute atomic E-state index is 12.7. The van der Waals surface area contributed by atoms with Gasteiger partial charge in [0.05, 0.1) is 12.2 Å². The van der Waals surface area contributed by atoms with Crippen molar-refractivity contribution in [2.24, 2.45) is 40.9 Å². The van der Waals surface area contributed by atoms with E-state index in [1.807, 2.05) is 42.5 Å². The van der Waals surface area contributed by atoms with Gasteiger partial charge in [-0.2, -0.15) is 0 Å². The number of esters is 1. The normalized spacial score (nSPS) is 38.4. The summed E-state index contributed by atoms with van der Waals surface area (Å²) >= 11 is 0. The van der Waals surface area contributed by atoms with Gasteiger partial charge in [-0.3, -0.25) is 0 Å². The van der Waals surface area contributed by atoms with Crippen LogP contribution < -0.4 is 0 Å². The smallest absolute Gasteiger partial charge is 0.338 e. The van der Waals surface area contributed by atoms with Crippen LogP contribution in [-0.4, -0.2) is 12.6 Å². The lowest BCUT2D eigenvalue weighted by atomic mass is 9.63. The number of hydrogen-bond acceptors (Lipinski definition) is 2. The van der Waals surface area contributed by atoms with Crippen molar-refractivity contribution >= 4 is 5.97 Å². The van der Waals surface area contributed by atoms with Crippen LogP contribution in [0.5, 0.6) is 0 Å². The first-order chi connectivity index (χ1) is 14.1. The fraction of sp³-hybridized carbons (Fsp3) is 0.444. The number of ether oxygens (including phenoxy) is 1. The van der Waals surface area contributed by atoms with Crippen LogP contribution in [0.15, 0.2) is 66.7 Å². The Bertz CT molecular complexity index is 960. The topological polar surface area (TPSA) is 26.3 Å². The molecule has 6 rings (SSSR count). The van der Waals surface area contributed by atoms with E-state index in [0.29, 0.717) is 12.2 Å². The minimum atomic E-state index is -0.182. The molecular weight excluding hydrogens is 356 g/mol. The van der Waals surface area contributed by atoms with Crippen molar-refractivity contribution < 1.29 is 9.53 Å². The quantitative estimate of drug-likeness (QED) is 0.367. The van der Waals surface area contributed by atoms with Crippen LogP contribution in [0.3, 0.4) is 0 Å². The molecule has 0 saturated heterocycles. The van der Waals surface area contributed by atoms with Gasteiger partial charge in [0, 0.05) is 5.41 Å². The Morgan fingerprint density at radius 3 is 2.38 bits per heavy atom. The maximum Gasteiger partial charge on any atom is 0.338 e. The standard InChI is InChI=1S/C27H28O2/c1-27(15-22-14-23(27)25-21-12-11-20(13-21)24(22)25)16-29-26(28)19-9-7-18(8-10-19)17-5-3-2-4-6-17/h2-12,20-25H,13-16H2,1H3. The molecule has 2 aromatic rings. The first kappa shape index (κ1) is 17.5. The van der Waals surface area contributed by atoms with Gasteiger partial charge in [-0.15, -0.1) is 0 Å². The third-order valence-electron chi connectivity index (χ3n) is 8.53. The van der Waals surface area contributed by atoms with Gasteiger partial charge in [0.1, 0.15) is 0 Å². The third kappa shape index (κ3) is 2.64. The second-order valence-electron chi connectivity index (χ2n) is 10.1. The monoisotopic (exact) mass is 384 g/mol. The van der Waals surface area contributed by atoms with Gasteiger partial charge < -0.3 is 4.74 Å². The highest BCUT2D eigenvalue weighted by Crippen LogP contribution is 2.70. The Morgan fingerprint density at radius 2 is 1.62 bits per heavy atom. The summed E-state index contributed by atoms with van der Waals surface area (Å²) in [5.74, 6) is 4.79. The predicted molar refractivity (Wildman–Crippen MR) is 114 cm³/mol. The first-order valence-electron chi connectivity index (χ1n) is 11.1. The van der Waals surface area contributed by atoms with E-state index in [9.17, 15) is 4.79 Å². The lowest BCUT2D eigenvalue weighted by Gasteiger charge is -2.43. The molecule has 148 valence electrons. The highest BCUT2D eigenvalue weighted by Gasteiger charge is 2.64. The SMILES string of the molecule is CC1(COC(=O)c2ccc(-c3ccccc3)cc2)CC2CC1C1C3C=CC(C3)C21. The Hall–Kier alpha value is -2.35. The average Bonchev–Trinajstić information content (AvgIpc) is 3.52. The molecule has 0 aliphatic heterocycles. The molecule has 2 heteroatoms. The van der Waals surface area contributed by atoms with Crippen LogP contribution in [0.1, 0.15) is 36.5 Å². The van der Waals surface area contributed by atoms with Crippen LogP contribution >= 0.6 is 0 Å². The average molecular weight is 385 g/mol. The zero-order valence-electron chi connectivity index (χ0n) is 17.0. The van der Waals surface area contributed by atoms with Crippen LogP contribution in [-0.2, 0) is 4.74 Å². The molecule has 2 nitrogen and oxygen atoms in total. The molecule has 7 atom stereocenters. The van der Waals surface area contributed by atoms with E-state index >= 15 is 0 Å². The largest absolute Gasteiger partial charge is 0.462 e. The van der Waals surface area contributed by atoms with Crippen LogP contribution in [0.2, 0.25) is 0 Å². The number of rotatable bonds is 4. The van der Waals surface area contributed by atoms with E-state index in [1.165, 1.54) is 19.3 Å². The number of hydrogen-bond donors (Lipinski definition) is 0. The van der Waals surface area contributed by atoms with E-state index in [0.717, 1.165) is 46.6 Å². The summed E-state index contributed by atoms with van der Waals surface area (Å²) in [4.78, 5) is 12.7. The summed E-state index contributed by atoms with van der Waals surface area (Å²) in [5, 5.41) is 0. The number of carbonyl (C=O) groups is 1. The summed E-state index contributed by atoms with van der Waals surface area (Å²) in [6.45, 7) is 2.94. The molecule has 0 N–H and O–H groups in total. The molecule has 4 bridgehead atoms. The van der Waals surface area contributed by atoms with Crippen molar-refractivity contribution in [3.63, 3.8) is 0 Å². The van der Waals surface area contributed by atoms with Gasteiger partial charge in [0.2, 0.25) is 0 Å². The second kappa shape index (κ2) is 6.32. The van der Waals surface area contributed by atoms with E-state index in [4.69, 9.17) is 4.74 Å². The Morgan fingerprint density at radius 1 is 0.931 bits per heavy atom. The highest BCUT2D eigenvalue weighted by molar-refractivity contribution is 5.90. The predicted octanol–water partition coefficient (Wildman–Crippen LogP) is 5.99. The molecule has 7 unspecified atom stereocenters. The van der Waals surface area contributed by atoms with Gasteiger partial charge in [0.15, 0.2) is 0 Å². The lowest BCUT2D eigenvalue weighted by molar-refractivity contribution is -0.00562. The summed E-state index contributed by atoms with van der Waals surface area (Å²) < 4.78 is 5.88. The van der Waals surface area contributed by atoms with Crippen LogP contribution in [0, 0.1) is 40.9 Å². The molecule has 2 aromatic carbocycles. The number of benzene rings is 2. The second-order valence-corrected chi connectivity index (χ2v) is 10.1. The number of fused-ring (bicyclic) bond motifs is 9. The zero-order chi connectivity index (χ0) is 19.6. The fourth-order valence-corrected chi connectivity index (χ4v) is 7.40. The minimum Gasteiger partial charge on any atom is -0.462 e. The van der Waals surface area contributed by atoms with Crippen molar-refractivity contribution in [2.45, 2.75) is 26.2 Å². The van der Waals surface area contributed by atoms with Gasteiger partial charge >= 0.3 is 5.97 Å². The third-order valence-corrected chi connectivity index (χ3v) is 8.53. The van der Waals surface area contributed by atoms with E-state index < -0.39 is 0 Å². The van der Waals surface area contributed by atoms with Gasteiger partial charge in [-0.05, 0) is 78.0 Å². The first-order valence-corrected chi connectivity index (χ1v) is 11.1. The van der Waals surface area contributed by atoms with Crippen molar-refractivity contribution in [3.05, 3.63) is 72.3 Å². The summed E-state index contributed by atoms with van der Waals surface area (Å²) in [5.41, 5.74) is 3.09. The Labute approximate surface area is 173 Å². The molecule has 4 aliphatic carbocycles. The van der Waals surface area contributed by atoms with Crippen molar-refractivity contribution in [3.8, 4) is 11.1 Å². The van der Waals surface area contributed by atoms with E-state index in [2.05, 4.69) is 31.2 Å². The molecule has 0 radical (unpaired) electrons. The van der Waals surface area contributed by atoms with Crippen LogP contribution in [0.25, 0.3) is 11.1 Å². The Balaban J connectivity index is 1.13. The minimum absolute atomic E-state index is 0.157. The molecule has 29 heavy (non-hydrogen) atoms. The van der Waals surface area contributed by atoms with E-state index in [1.54, 1.807) is 0 Å². The van der Waals surface area contributed by atoms with E-state index in [-0.39, 0.29) is 11.4 Å². The molecule has 0 amide bonds. The van der Waals surface area contributed by atoms with Gasteiger partial charge in [-0.1, -0.05) is 61.5 Å². The molecule has 0 heterocycles. The fourth-order valence-electron chi connectivity index (χ4n) is 7.40. The lowest BCUT2D eigenvalue weighted by Crippen LogP contribution is -2.40. The zero-order valence-corrected chi connectivity index (χ0v) is 17.0. The molecule has 4 aliphatic rings. The Kier molecular flexibility index (Phi) is 3.82. The summed E-state index contributed by atoms with van der Waals surface area (Å²) in [7, 11) is 0. The maximum atomic E-state index is 12.7. The molecule has 0 aromatic heterocycles. The summed E-state index contributed by atoms with van der Waals surface area (Å²) in [6.07, 6.45) is 8.93. The number of allylic oxidation sites excluding steroid dienone is 2. The summed E-state index contributed by atoms with van der Waals surface area (Å²) in [6, 6.07) is 18.1. The highest BCUT2D eigenvalue weighted by atomic mass is 16.5. The number of carbonyl (C=O) groups excluding carboxylic acids is 1. The molecule has 0 spiro atoms. The van der Waals surface area contributed by atoms with Crippen LogP contribution in [0.4, 0.5) is 0 Å². The van der Waals surface area contributed by atoms with Gasteiger partial charge in [-0.25, -0.2) is 4.79 Å². The molecule has 3 saturated carbocycles. The van der Waals surface area contributed by atoms with Crippen molar-refractivity contribution in [1.82, 2.24) is 0 Å². The van der Waals surface area contributed by atoms with Crippen molar-refractivity contribution in [2.75, 3.05) is 6.61 Å². The van der Waals surface area contributed by atoms with Gasteiger partial charge in [0.25, 0.3) is 0 Å². The molecule has 3 fully saturated rings. The van der Waals surface area contributed by atoms with Crippen molar-refractivity contribution in [1.29, 1.82) is 0 Å². The molecular formula is C27H28O2.